The number of nitrogens with one attached hydrogen (secondary N) is 1. The van der Waals surface area contributed by atoms with Crippen LogP contribution in [0.25, 0.3) is 0 Å². The highest BCUT2D eigenvalue weighted by molar-refractivity contribution is 7.91. The van der Waals surface area contributed by atoms with Crippen molar-refractivity contribution < 1.29 is 32.2 Å². The Bertz CT molecular complexity index is 1160. The number of sulfone groups is 1. The van der Waals surface area contributed by atoms with E-state index in [0.717, 1.165) is 5.56 Å². The van der Waals surface area contributed by atoms with Gasteiger partial charge in [0, 0.05) is 26.2 Å². The van der Waals surface area contributed by atoms with Crippen molar-refractivity contribution in [2.75, 3.05) is 58.9 Å². The summed E-state index contributed by atoms with van der Waals surface area (Å²) >= 11 is 0. The normalized spacial score (nSPS) is 13.8. The molecule has 1 N–H and O–H groups in total. The van der Waals surface area contributed by atoms with E-state index in [9.17, 15) is 18.0 Å². The number of carbonyl (C=O) groups is 2. The first-order valence-corrected chi connectivity index (χ1v) is 12.7. The van der Waals surface area contributed by atoms with Gasteiger partial charge in [0.25, 0.3) is 0 Å². The Kier molecular flexibility index (Phi) is 8.44. The van der Waals surface area contributed by atoms with Crippen molar-refractivity contribution in [3.63, 3.8) is 0 Å². The third kappa shape index (κ3) is 5.79. The first-order valence-electron chi connectivity index (χ1n) is 11.2. The van der Waals surface area contributed by atoms with Gasteiger partial charge in [-0.15, -0.1) is 0 Å². The summed E-state index contributed by atoms with van der Waals surface area (Å²) in [7, 11) is -1.22. The molecule has 0 aromatic heterocycles. The van der Waals surface area contributed by atoms with Gasteiger partial charge in [-0.25, -0.2) is 13.2 Å². The highest BCUT2D eigenvalue weighted by atomic mass is 32.2. The largest absolute Gasteiger partial charge is 0.493 e. The number of benzene rings is 2. The number of aryl methyl sites for hydroxylation is 1. The van der Waals surface area contributed by atoms with Crippen LogP contribution in [-0.4, -0.2) is 83.8 Å². The Morgan fingerprint density at radius 3 is 2.14 bits per heavy atom. The van der Waals surface area contributed by atoms with Crippen molar-refractivity contribution in [1.29, 1.82) is 0 Å². The molecule has 3 rings (SSSR count). The summed E-state index contributed by atoms with van der Waals surface area (Å²) in [6.07, 6.45) is -0.394. The molecule has 0 aliphatic carbocycles. The van der Waals surface area contributed by atoms with Crippen molar-refractivity contribution in [2.24, 2.45) is 0 Å². The van der Waals surface area contributed by atoms with Crippen LogP contribution in [0.15, 0.2) is 46.2 Å². The summed E-state index contributed by atoms with van der Waals surface area (Å²) in [5, 5.41) is 2.97. The Labute approximate surface area is 205 Å². The molecule has 1 aliphatic rings. The molecule has 10 nitrogen and oxygen atoms in total. The molecule has 190 valence electrons. The van der Waals surface area contributed by atoms with Crippen LogP contribution < -0.4 is 14.8 Å². The number of rotatable bonds is 8. The van der Waals surface area contributed by atoms with E-state index in [2.05, 4.69) is 5.32 Å². The fourth-order valence-electron chi connectivity index (χ4n) is 3.78. The molecule has 11 heteroatoms. The minimum atomic E-state index is -4.01. The van der Waals surface area contributed by atoms with Gasteiger partial charge in [-0.3, -0.25) is 4.79 Å². The monoisotopic (exact) mass is 505 g/mol. The molecule has 1 fully saturated rings. The van der Waals surface area contributed by atoms with Crippen LogP contribution in [-0.2, 0) is 19.4 Å². The quantitative estimate of drug-likeness (QED) is 0.582. The second kappa shape index (κ2) is 11.3. The molecule has 2 amide bonds. The number of amides is 2. The van der Waals surface area contributed by atoms with E-state index in [4.69, 9.17) is 14.2 Å². The summed E-state index contributed by atoms with van der Waals surface area (Å²) in [6.45, 7) is 5.23. The number of methoxy groups -OCH3 is 2. The zero-order valence-corrected chi connectivity index (χ0v) is 21.2. The van der Waals surface area contributed by atoms with E-state index in [1.54, 1.807) is 41.0 Å². The third-order valence-electron chi connectivity index (χ3n) is 5.69. The molecule has 0 atom stereocenters. The Morgan fingerprint density at radius 2 is 1.57 bits per heavy atom. The highest BCUT2D eigenvalue weighted by Crippen LogP contribution is 2.42. The van der Waals surface area contributed by atoms with Gasteiger partial charge in [0.1, 0.15) is 4.90 Å². The van der Waals surface area contributed by atoms with E-state index in [0.29, 0.717) is 32.8 Å². The lowest BCUT2D eigenvalue weighted by Crippen LogP contribution is -2.51. The smallest absolute Gasteiger partial charge is 0.409 e. The summed E-state index contributed by atoms with van der Waals surface area (Å²) in [6, 6.07) is 9.62. The van der Waals surface area contributed by atoms with Gasteiger partial charge in [-0.05, 0) is 38.1 Å². The predicted molar refractivity (Wildman–Crippen MR) is 130 cm³/mol. The molecule has 0 saturated carbocycles. The van der Waals surface area contributed by atoms with Crippen LogP contribution in [0.2, 0.25) is 0 Å². The van der Waals surface area contributed by atoms with Crippen molar-refractivity contribution in [1.82, 2.24) is 9.80 Å². The average Bonchev–Trinajstić information content (AvgIpc) is 2.87. The third-order valence-corrected chi connectivity index (χ3v) is 7.52. The minimum absolute atomic E-state index is 0.0496. The van der Waals surface area contributed by atoms with E-state index in [1.807, 2.05) is 6.92 Å². The van der Waals surface area contributed by atoms with Gasteiger partial charge in [-0.1, -0.05) is 17.7 Å². The Morgan fingerprint density at radius 1 is 0.943 bits per heavy atom. The first kappa shape index (κ1) is 26.1. The van der Waals surface area contributed by atoms with Gasteiger partial charge in [0.15, 0.2) is 11.5 Å². The highest BCUT2D eigenvalue weighted by Gasteiger charge is 2.30. The van der Waals surface area contributed by atoms with Gasteiger partial charge in [-0.2, -0.15) is 0 Å². The number of ether oxygens (including phenoxy) is 3. The van der Waals surface area contributed by atoms with Crippen LogP contribution in [0.5, 0.6) is 11.5 Å². The van der Waals surface area contributed by atoms with Crippen molar-refractivity contribution >= 4 is 27.5 Å². The van der Waals surface area contributed by atoms with Gasteiger partial charge < -0.3 is 29.3 Å². The van der Waals surface area contributed by atoms with E-state index >= 15 is 0 Å². The molecular weight excluding hydrogens is 474 g/mol. The van der Waals surface area contributed by atoms with Crippen LogP contribution in [0.3, 0.4) is 0 Å². The number of carbonyl (C=O) groups excluding carboxylic acids is 2. The average molecular weight is 506 g/mol. The second-order valence-corrected chi connectivity index (χ2v) is 9.80. The summed E-state index contributed by atoms with van der Waals surface area (Å²) in [4.78, 5) is 27.9. The lowest BCUT2D eigenvalue weighted by Gasteiger charge is -2.34. The van der Waals surface area contributed by atoms with Crippen LogP contribution >= 0.6 is 0 Å². The van der Waals surface area contributed by atoms with E-state index < -0.39 is 15.9 Å². The molecule has 1 saturated heterocycles. The molecular formula is C24H31N3O7S. The molecule has 1 heterocycles. The maximum Gasteiger partial charge on any atom is 0.409 e. The standard InChI is InChI=1S/C24H31N3O7S/c1-5-34-24(29)27-14-12-26(13-15-27)21(28)16-25-19-10-11-20(32-3)22(33-4)23(19)35(30,31)18-8-6-17(2)7-9-18/h6-11,25H,5,12-16H2,1-4H3. The topological polar surface area (TPSA) is 114 Å². The Hall–Kier alpha value is -3.47. The minimum Gasteiger partial charge on any atom is -0.493 e. The maximum atomic E-state index is 13.6. The molecule has 35 heavy (non-hydrogen) atoms. The van der Waals surface area contributed by atoms with Crippen molar-refractivity contribution in [3.8, 4) is 11.5 Å². The van der Waals surface area contributed by atoms with Crippen molar-refractivity contribution in [2.45, 2.75) is 23.6 Å². The maximum absolute atomic E-state index is 13.6. The molecule has 1 aliphatic heterocycles. The van der Waals surface area contributed by atoms with Crippen LogP contribution in [0.1, 0.15) is 12.5 Å². The summed E-state index contributed by atoms with van der Waals surface area (Å²) in [5.41, 5.74) is 1.15. The van der Waals surface area contributed by atoms with E-state index in [1.165, 1.54) is 26.4 Å². The number of hydrogen-bond donors (Lipinski definition) is 1. The van der Waals surface area contributed by atoms with E-state index in [-0.39, 0.29) is 39.4 Å². The molecule has 2 aromatic rings. The number of anilines is 1. The lowest BCUT2D eigenvalue weighted by atomic mass is 10.2. The predicted octanol–water partition coefficient (Wildman–Crippen LogP) is 2.56. The second-order valence-electron chi connectivity index (χ2n) is 7.91. The van der Waals surface area contributed by atoms with Crippen molar-refractivity contribution in [3.05, 3.63) is 42.0 Å². The molecule has 0 bridgehead atoms. The van der Waals surface area contributed by atoms with Gasteiger partial charge >= 0.3 is 6.09 Å². The Balaban J connectivity index is 1.82. The molecule has 0 spiro atoms. The summed E-state index contributed by atoms with van der Waals surface area (Å²) < 4.78 is 42.9. The summed E-state index contributed by atoms with van der Waals surface area (Å²) in [5.74, 6) is 0.0840. The van der Waals surface area contributed by atoms with Gasteiger partial charge in [0.2, 0.25) is 15.7 Å². The number of nitrogens with zero attached hydrogens (tertiary/aromatic N) is 2. The number of hydrogen-bond acceptors (Lipinski definition) is 8. The molecule has 0 unspecified atom stereocenters. The lowest BCUT2D eigenvalue weighted by molar-refractivity contribution is -0.130. The zero-order valence-electron chi connectivity index (χ0n) is 20.4. The first-order chi connectivity index (χ1) is 16.7. The fraction of sp³-hybridized carbons (Fsp3) is 0.417. The molecule has 2 aromatic carbocycles. The van der Waals surface area contributed by atoms with Gasteiger partial charge in [0.05, 0.1) is 38.0 Å². The SMILES string of the molecule is CCOC(=O)N1CCN(C(=O)CNc2ccc(OC)c(OC)c2S(=O)(=O)c2ccc(C)cc2)CC1. The number of piperazine rings is 1. The zero-order chi connectivity index (χ0) is 25.6. The molecule has 0 radical (unpaired) electrons. The van der Waals surface area contributed by atoms with Crippen LogP contribution in [0.4, 0.5) is 10.5 Å². The van der Waals surface area contributed by atoms with Crippen LogP contribution in [0, 0.1) is 6.92 Å². The fourth-order valence-corrected chi connectivity index (χ4v) is 5.36.